The molecule has 0 aromatic heterocycles. The fraction of sp³-hybridized carbons (Fsp3) is 0.562. The zero-order valence-electron chi connectivity index (χ0n) is 13.7. The van der Waals surface area contributed by atoms with E-state index in [1.165, 1.54) is 7.11 Å². The highest BCUT2D eigenvalue weighted by atomic mass is 16.6. The van der Waals surface area contributed by atoms with Crippen LogP contribution in [0.2, 0.25) is 0 Å². The predicted molar refractivity (Wildman–Crippen MR) is 84.9 cm³/mol. The Labute approximate surface area is 135 Å². The molecule has 2 aliphatic heterocycles. The number of methoxy groups -OCH3 is 1. The largest absolute Gasteiger partial charge is 0.475 e. The first-order valence-electron chi connectivity index (χ1n) is 7.63. The van der Waals surface area contributed by atoms with Crippen molar-refractivity contribution in [3.05, 3.63) is 17.7 Å². The second-order valence-electron chi connectivity index (χ2n) is 5.88. The van der Waals surface area contributed by atoms with Gasteiger partial charge in [-0.05, 0) is 13.0 Å². The van der Waals surface area contributed by atoms with Crippen LogP contribution in [0, 0.1) is 0 Å². The highest BCUT2D eigenvalue weighted by molar-refractivity contribution is 5.83. The van der Waals surface area contributed by atoms with Gasteiger partial charge in [0.05, 0.1) is 38.8 Å². The Hall–Kier alpha value is -1.99. The summed E-state index contributed by atoms with van der Waals surface area (Å²) >= 11 is 0. The van der Waals surface area contributed by atoms with Crippen molar-refractivity contribution < 1.29 is 23.8 Å². The average molecular weight is 322 g/mol. The lowest BCUT2D eigenvalue weighted by molar-refractivity contribution is -0.156. The summed E-state index contributed by atoms with van der Waals surface area (Å²) in [7, 11) is 2.95. The summed E-state index contributed by atoms with van der Waals surface area (Å²) in [5, 5.41) is 0. The van der Waals surface area contributed by atoms with E-state index in [9.17, 15) is 4.79 Å². The Kier molecular flexibility index (Phi) is 4.32. The molecule has 1 aromatic carbocycles. The second-order valence-corrected chi connectivity index (χ2v) is 5.88. The van der Waals surface area contributed by atoms with Crippen LogP contribution in [0.5, 0.6) is 5.75 Å². The molecule has 1 atom stereocenters. The van der Waals surface area contributed by atoms with Crippen molar-refractivity contribution in [3.8, 4) is 5.75 Å². The Morgan fingerprint density at radius 3 is 2.70 bits per heavy atom. The molecule has 0 saturated carbocycles. The number of esters is 1. The van der Waals surface area contributed by atoms with Crippen molar-refractivity contribution in [3.63, 3.8) is 0 Å². The van der Waals surface area contributed by atoms with Crippen LogP contribution in [0.3, 0.4) is 0 Å². The third kappa shape index (κ3) is 2.94. The number of carbonyl (C=O) groups is 1. The summed E-state index contributed by atoms with van der Waals surface area (Å²) in [6.45, 7) is 4.71. The van der Waals surface area contributed by atoms with Crippen molar-refractivity contribution in [2.45, 2.75) is 18.9 Å². The van der Waals surface area contributed by atoms with E-state index in [1.807, 2.05) is 12.1 Å². The maximum absolute atomic E-state index is 12.0. The van der Waals surface area contributed by atoms with E-state index in [0.717, 1.165) is 30.0 Å². The van der Waals surface area contributed by atoms with Crippen molar-refractivity contribution >= 4 is 17.3 Å². The smallest absolute Gasteiger partial charge is 0.350 e. The fourth-order valence-electron chi connectivity index (χ4n) is 3.08. The first-order chi connectivity index (χ1) is 11.1. The number of morpholine rings is 1. The van der Waals surface area contributed by atoms with Gasteiger partial charge < -0.3 is 19.1 Å². The Balaban J connectivity index is 1.94. The van der Waals surface area contributed by atoms with E-state index in [1.54, 1.807) is 14.0 Å². The lowest BCUT2D eigenvalue weighted by Gasteiger charge is -2.30. The van der Waals surface area contributed by atoms with E-state index in [0.29, 0.717) is 25.4 Å². The van der Waals surface area contributed by atoms with Gasteiger partial charge in [-0.3, -0.25) is 10.3 Å². The number of anilines is 2. The second kappa shape index (κ2) is 6.25. The van der Waals surface area contributed by atoms with Crippen LogP contribution in [0.4, 0.5) is 11.4 Å². The molecule has 7 nitrogen and oxygen atoms in total. The van der Waals surface area contributed by atoms with Crippen LogP contribution >= 0.6 is 0 Å². The number of nitrogens with zero attached hydrogens (tertiary/aromatic N) is 1. The van der Waals surface area contributed by atoms with Crippen LogP contribution in [0.1, 0.15) is 12.5 Å². The fourth-order valence-corrected chi connectivity index (χ4v) is 3.08. The third-order valence-corrected chi connectivity index (χ3v) is 4.22. The van der Waals surface area contributed by atoms with Crippen molar-refractivity contribution in [2.24, 2.45) is 0 Å². The molecule has 1 saturated heterocycles. The van der Waals surface area contributed by atoms with Crippen molar-refractivity contribution in [2.75, 3.05) is 50.9 Å². The number of carbonyl (C=O) groups excluding carboxylic acids is 1. The maximum atomic E-state index is 12.0. The molecule has 0 spiro atoms. The first-order valence-corrected chi connectivity index (χ1v) is 7.63. The zero-order valence-corrected chi connectivity index (χ0v) is 13.7. The SMILES string of the molecule is CONc1cc2c(cc1N1CCOCC1)OC(C)(C(=O)OC)C2. The summed E-state index contributed by atoms with van der Waals surface area (Å²) in [6, 6.07) is 3.92. The molecule has 1 unspecified atom stereocenters. The minimum Gasteiger partial charge on any atom is -0.475 e. The standard InChI is InChI=1S/C16H22N2O5/c1-16(15(19)20-2)10-11-8-12(17-21-3)13(9-14(11)23-16)18-4-6-22-7-5-18/h8-9,17H,4-7,10H2,1-3H3. The van der Waals surface area contributed by atoms with Gasteiger partial charge in [-0.25, -0.2) is 4.79 Å². The van der Waals surface area contributed by atoms with Gasteiger partial charge in [0.2, 0.25) is 5.60 Å². The van der Waals surface area contributed by atoms with Crippen LogP contribution < -0.4 is 15.1 Å². The van der Waals surface area contributed by atoms with Gasteiger partial charge in [0.15, 0.2) is 0 Å². The molecule has 0 aliphatic carbocycles. The molecule has 3 rings (SSSR count). The Bertz CT molecular complexity index is 600. The predicted octanol–water partition coefficient (Wildman–Crippen LogP) is 1.36. The summed E-state index contributed by atoms with van der Waals surface area (Å²) in [5.41, 5.74) is 4.72. The number of benzene rings is 1. The molecular formula is C16H22N2O5. The van der Waals surface area contributed by atoms with Gasteiger partial charge >= 0.3 is 5.97 Å². The minimum atomic E-state index is -0.981. The average Bonchev–Trinajstić information content (AvgIpc) is 2.91. The number of hydrogen-bond acceptors (Lipinski definition) is 7. The zero-order chi connectivity index (χ0) is 16.4. The van der Waals surface area contributed by atoms with Crippen molar-refractivity contribution in [1.29, 1.82) is 0 Å². The lowest BCUT2D eigenvalue weighted by atomic mass is 9.99. The number of rotatable bonds is 4. The monoisotopic (exact) mass is 322 g/mol. The molecule has 2 aliphatic rings. The maximum Gasteiger partial charge on any atom is 0.350 e. The quantitative estimate of drug-likeness (QED) is 0.663. The highest BCUT2D eigenvalue weighted by Gasteiger charge is 2.43. The van der Waals surface area contributed by atoms with E-state index < -0.39 is 5.60 Å². The molecular weight excluding hydrogens is 300 g/mol. The van der Waals surface area contributed by atoms with Crippen LogP contribution in [0.15, 0.2) is 12.1 Å². The van der Waals surface area contributed by atoms with Crippen LogP contribution in [-0.4, -0.2) is 52.1 Å². The molecule has 0 radical (unpaired) electrons. The number of hydrogen-bond donors (Lipinski definition) is 1. The molecule has 2 heterocycles. The van der Waals surface area contributed by atoms with E-state index in [-0.39, 0.29) is 5.97 Å². The van der Waals surface area contributed by atoms with Gasteiger partial charge in [0.25, 0.3) is 0 Å². The van der Waals surface area contributed by atoms with Gasteiger partial charge in [0.1, 0.15) is 5.75 Å². The summed E-state index contributed by atoms with van der Waals surface area (Å²) in [4.78, 5) is 19.3. The molecule has 1 fully saturated rings. The summed E-state index contributed by atoms with van der Waals surface area (Å²) in [5.74, 6) is 0.337. The minimum absolute atomic E-state index is 0.372. The molecule has 23 heavy (non-hydrogen) atoms. The highest BCUT2D eigenvalue weighted by Crippen LogP contribution is 2.42. The molecule has 1 aromatic rings. The topological polar surface area (TPSA) is 69.3 Å². The van der Waals surface area contributed by atoms with Gasteiger partial charge in [-0.1, -0.05) is 0 Å². The number of fused-ring (bicyclic) bond motifs is 1. The molecule has 1 N–H and O–H groups in total. The summed E-state index contributed by atoms with van der Waals surface area (Å²) in [6.07, 6.45) is 0.469. The van der Waals surface area contributed by atoms with E-state index in [4.69, 9.17) is 19.0 Å². The van der Waals surface area contributed by atoms with E-state index in [2.05, 4.69) is 10.4 Å². The van der Waals surface area contributed by atoms with Crippen LogP contribution in [0.25, 0.3) is 0 Å². The normalized spacial score (nSPS) is 23.2. The number of nitrogens with one attached hydrogen (secondary N) is 1. The molecule has 0 bridgehead atoms. The van der Waals surface area contributed by atoms with Gasteiger partial charge in [-0.15, -0.1) is 0 Å². The van der Waals surface area contributed by atoms with Crippen LogP contribution in [-0.2, 0) is 25.5 Å². The molecule has 0 amide bonds. The Morgan fingerprint density at radius 2 is 2.04 bits per heavy atom. The van der Waals surface area contributed by atoms with Gasteiger partial charge in [0, 0.05) is 31.1 Å². The molecule has 7 heteroatoms. The van der Waals surface area contributed by atoms with Crippen molar-refractivity contribution in [1.82, 2.24) is 0 Å². The third-order valence-electron chi connectivity index (χ3n) is 4.22. The van der Waals surface area contributed by atoms with Gasteiger partial charge in [-0.2, -0.15) is 0 Å². The summed E-state index contributed by atoms with van der Waals surface area (Å²) < 4.78 is 16.2. The molecule has 126 valence electrons. The number of ether oxygens (including phenoxy) is 3. The lowest BCUT2D eigenvalue weighted by Crippen LogP contribution is -2.41. The van der Waals surface area contributed by atoms with E-state index >= 15 is 0 Å². The first kappa shape index (κ1) is 15.9. The Morgan fingerprint density at radius 1 is 1.30 bits per heavy atom.